The zero-order valence-electron chi connectivity index (χ0n) is 9.28. The number of ether oxygens (including phenoxy) is 1. The lowest BCUT2D eigenvalue weighted by atomic mass is 10.1. The van der Waals surface area contributed by atoms with Crippen LogP contribution < -0.4 is 5.73 Å². The number of rotatable bonds is 2. The number of anilines is 1. The highest BCUT2D eigenvalue weighted by Crippen LogP contribution is 2.10. The van der Waals surface area contributed by atoms with E-state index in [1.165, 1.54) is 0 Å². The summed E-state index contributed by atoms with van der Waals surface area (Å²) >= 11 is 0. The van der Waals surface area contributed by atoms with E-state index in [4.69, 9.17) is 10.5 Å². The van der Waals surface area contributed by atoms with Gasteiger partial charge in [-0.05, 0) is 38.5 Å². The summed E-state index contributed by atoms with van der Waals surface area (Å²) in [6, 6.07) is 3.42. The van der Waals surface area contributed by atoms with Gasteiger partial charge < -0.3 is 10.5 Å². The summed E-state index contributed by atoms with van der Waals surface area (Å²) in [4.78, 5) is 15.3. The minimum atomic E-state index is -0.449. The van der Waals surface area contributed by atoms with Crippen LogP contribution >= 0.6 is 0 Å². The van der Waals surface area contributed by atoms with Crippen molar-refractivity contribution in [3.05, 3.63) is 23.9 Å². The first-order valence-corrected chi connectivity index (χ1v) is 4.79. The molecule has 0 unspecified atom stereocenters. The predicted molar refractivity (Wildman–Crippen MR) is 58.2 cm³/mol. The van der Waals surface area contributed by atoms with Crippen molar-refractivity contribution < 1.29 is 9.53 Å². The number of hydrogen-bond acceptors (Lipinski definition) is 4. The van der Waals surface area contributed by atoms with Crippen LogP contribution in [0.3, 0.4) is 0 Å². The van der Waals surface area contributed by atoms with Crippen molar-refractivity contribution >= 4 is 11.8 Å². The van der Waals surface area contributed by atoms with Crippen LogP contribution in [0.4, 0.5) is 5.82 Å². The molecule has 4 nitrogen and oxygen atoms in total. The Kier molecular flexibility index (Phi) is 3.29. The Morgan fingerprint density at radius 1 is 1.53 bits per heavy atom. The van der Waals surface area contributed by atoms with E-state index in [1.807, 2.05) is 20.8 Å². The third-order valence-corrected chi connectivity index (χ3v) is 1.61. The lowest BCUT2D eigenvalue weighted by Crippen LogP contribution is -2.24. The second-order valence-electron chi connectivity index (χ2n) is 4.35. The smallest absolute Gasteiger partial charge is 0.310 e. The number of nitrogens with zero attached hydrogens (tertiary/aromatic N) is 1. The first-order valence-electron chi connectivity index (χ1n) is 4.79. The topological polar surface area (TPSA) is 65.2 Å². The highest BCUT2D eigenvalue weighted by Gasteiger charge is 2.16. The van der Waals surface area contributed by atoms with Gasteiger partial charge in [-0.3, -0.25) is 4.79 Å². The summed E-state index contributed by atoms with van der Waals surface area (Å²) in [5.74, 6) is 0.157. The van der Waals surface area contributed by atoms with E-state index < -0.39 is 5.60 Å². The summed E-state index contributed by atoms with van der Waals surface area (Å²) in [5.41, 5.74) is 5.87. The molecule has 0 spiro atoms. The molecule has 0 amide bonds. The van der Waals surface area contributed by atoms with Crippen LogP contribution in [-0.2, 0) is 16.0 Å². The van der Waals surface area contributed by atoms with Gasteiger partial charge in [0, 0.05) is 6.20 Å². The second kappa shape index (κ2) is 4.29. The van der Waals surface area contributed by atoms with Crippen molar-refractivity contribution in [1.29, 1.82) is 0 Å². The maximum Gasteiger partial charge on any atom is 0.310 e. The fraction of sp³-hybridized carbons (Fsp3) is 0.455. The lowest BCUT2D eigenvalue weighted by Gasteiger charge is -2.19. The minimum absolute atomic E-state index is 0.226. The van der Waals surface area contributed by atoms with Gasteiger partial charge in [-0.15, -0.1) is 0 Å². The van der Waals surface area contributed by atoms with Crippen LogP contribution in [0.1, 0.15) is 26.3 Å². The van der Waals surface area contributed by atoms with E-state index in [0.29, 0.717) is 5.82 Å². The molecule has 0 aliphatic rings. The Morgan fingerprint density at radius 2 is 2.20 bits per heavy atom. The zero-order valence-corrected chi connectivity index (χ0v) is 9.28. The summed E-state index contributed by atoms with van der Waals surface area (Å²) in [6.45, 7) is 5.52. The van der Waals surface area contributed by atoms with Gasteiger partial charge in [-0.2, -0.15) is 0 Å². The quantitative estimate of drug-likeness (QED) is 0.749. The minimum Gasteiger partial charge on any atom is -0.460 e. The van der Waals surface area contributed by atoms with Gasteiger partial charge in [-0.1, -0.05) is 0 Å². The Hall–Kier alpha value is -1.58. The number of pyridine rings is 1. The molecule has 1 aromatic heterocycles. The third-order valence-electron chi connectivity index (χ3n) is 1.61. The van der Waals surface area contributed by atoms with Crippen LogP contribution in [0, 0.1) is 0 Å². The Labute approximate surface area is 89.5 Å². The highest BCUT2D eigenvalue weighted by atomic mass is 16.6. The van der Waals surface area contributed by atoms with Crippen LogP contribution in [0.15, 0.2) is 18.3 Å². The van der Waals surface area contributed by atoms with Gasteiger partial charge in [-0.25, -0.2) is 4.98 Å². The largest absolute Gasteiger partial charge is 0.460 e. The summed E-state index contributed by atoms with van der Waals surface area (Å²) < 4.78 is 5.18. The zero-order chi connectivity index (χ0) is 11.5. The highest BCUT2D eigenvalue weighted by molar-refractivity contribution is 5.73. The number of carbonyl (C=O) groups excluding carboxylic acids is 1. The maximum absolute atomic E-state index is 11.5. The molecular formula is C11H16N2O2. The van der Waals surface area contributed by atoms with E-state index in [2.05, 4.69) is 4.98 Å². The van der Waals surface area contributed by atoms with Crippen LogP contribution in [0.5, 0.6) is 0 Å². The molecule has 0 atom stereocenters. The Bertz CT molecular complexity index is 356. The van der Waals surface area contributed by atoms with Gasteiger partial charge in [0.05, 0.1) is 6.42 Å². The predicted octanol–water partition coefficient (Wildman–Crippen LogP) is 1.55. The molecule has 0 aliphatic heterocycles. The normalized spacial score (nSPS) is 11.1. The number of esters is 1. The van der Waals surface area contributed by atoms with Crippen LogP contribution in [0.2, 0.25) is 0 Å². The van der Waals surface area contributed by atoms with Crippen LogP contribution in [0.25, 0.3) is 0 Å². The van der Waals surface area contributed by atoms with E-state index >= 15 is 0 Å². The van der Waals surface area contributed by atoms with E-state index in [1.54, 1.807) is 18.3 Å². The molecule has 0 radical (unpaired) electrons. The molecule has 0 saturated carbocycles. The molecule has 0 aliphatic carbocycles. The molecule has 0 saturated heterocycles. The molecule has 15 heavy (non-hydrogen) atoms. The monoisotopic (exact) mass is 208 g/mol. The van der Waals surface area contributed by atoms with E-state index in [0.717, 1.165) is 5.56 Å². The van der Waals surface area contributed by atoms with E-state index in [9.17, 15) is 4.79 Å². The SMILES string of the molecule is CC(C)(C)OC(=O)Cc1ccnc(N)c1. The summed E-state index contributed by atoms with van der Waals surface area (Å²) in [6.07, 6.45) is 1.80. The standard InChI is InChI=1S/C11H16N2O2/c1-11(2,3)15-10(14)7-8-4-5-13-9(12)6-8/h4-6H,7H2,1-3H3,(H2,12,13). The van der Waals surface area contributed by atoms with Crippen molar-refractivity contribution in [2.75, 3.05) is 5.73 Å². The molecule has 0 aromatic carbocycles. The average molecular weight is 208 g/mol. The third kappa shape index (κ3) is 4.44. The van der Waals surface area contributed by atoms with Gasteiger partial charge >= 0.3 is 5.97 Å². The fourth-order valence-corrected chi connectivity index (χ4v) is 1.15. The average Bonchev–Trinajstić information content (AvgIpc) is 1.99. The Balaban J connectivity index is 2.59. The molecule has 2 N–H and O–H groups in total. The molecule has 0 fully saturated rings. The van der Waals surface area contributed by atoms with Gasteiger partial charge in [0.1, 0.15) is 11.4 Å². The van der Waals surface area contributed by atoms with Crippen molar-refractivity contribution in [1.82, 2.24) is 4.98 Å². The van der Waals surface area contributed by atoms with Gasteiger partial charge in [0.2, 0.25) is 0 Å². The molecule has 1 heterocycles. The number of hydrogen-bond donors (Lipinski definition) is 1. The van der Waals surface area contributed by atoms with Crippen molar-refractivity contribution in [3.63, 3.8) is 0 Å². The number of carbonyl (C=O) groups is 1. The lowest BCUT2D eigenvalue weighted by molar-refractivity contribution is -0.153. The van der Waals surface area contributed by atoms with Crippen LogP contribution in [-0.4, -0.2) is 16.6 Å². The van der Waals surface area contributed by atoms with Crippen molar-refractivity contribution in [2.24, 2.45) is 0 Å². The number of nitrogen functional groups attached to an aromatic ring is 1. The fourth-order valence-electron chi connectivity index (χ4n) is 1.15. The molecule has 0 bridgehead atoms. The second-order valence-corrected chi connectivity index (χ2v) is 4.35. The first kappa shape index (κ1) is 11.5. The number of aromatic nitrogens is 1. The molecule has 4 heteroatoms. The maximum atomic E-state index is 11.5. The van der Waals surface area contributed by atoms with E-state index in [-0.39, 0.29) is 12.4 Å². The van der Waals surface area contributed by atoms with Gasteiger partial charge in [0.15, 0.2) is 0 Å². The summed E-state index contributed by atoms with van der Waals surface area (Å²) in [5, 5.41) is 0. The van der Waals surface area contributed by atoms with Gasteiger partial charge in [0.25, 0.3) is 0 Å². The Morgan fingerprint density at radius 3 is 2.73 bits per heavy atom. The molecule has 1 aromatic rings. The molecular weight excluding hydrogens is 192 g/mol. The molecule has 82 valence electrons. The summed E-state index contributed by atoms with van der Waals surface area (Å²) in [7, 11) is 0. The van der Waals surface area contributed by atoms with Crippen molar-refractivity contribution in [2.45, 2.75) is 32.8 Å². The first-order chi connectivity index (χ1) is 6.87. The van der Waals surface area contributed by atoms with Crippen molar-refractivity contribution in [3.8, 4) is 0 Å². The molecule has 1 rings (SSSR count). The number of nitrogens with two attached hydrogens (primary N) is 1.